The average molecular weight is 411 g/mol. The van der Waals surface area contributed by atoms with Crippen molar-refractivity contribution in [3.8, 4) is 0 Å². The number of benzene rings is 2. The SMILES string of the molecule is CCCCCCCCCC(C(=O)OCc1ccccc1)C(=O)OCc1ccccc1. The third-order valence-corrected chi connectivity index (χ3v) is 5.11. The van der Waals surface area contributed by atoms with Gasteiger partial charge in [0.15, 0.2) is 5.92 Å². The van der Waals surface area contributed by atoms with Gasteiger partial charge < -0.3 is 9.47 Å². The Bertz CT molecular complexity index is 672. The van der Waals surface area contributed by atoms with Crippen molar-refractivity contribution in [2.45, 2.75) is 71.5 Å². The summed E-state index contributed by atoms with van der Waals surface area (Å²) in [5, 5.41) is 0. The van der Waals surface area contributed by atoms with Gasteiger partial charge in [0.25, 0.3) is 0 Å². The third kappa shape index (κ3) is 9.25. The van der Waals surface area contributed by atoms with Crippen molar-refractivity contribution in [1.82, 2.24) is 0 Å². The van der Waals surface area contributed by atoms with Crippen molar-refractivity contribution < 1.29 is 19.1 Å². The van der Waals surface area contributed by atoms with E-state index in [2.05, 4.69) is 6.92 Å². The van der Waals surface area contributed by atoms with E-state index in [9.17, 15) is 9.59 Å². The van der Waals surface area contributed by atoms with Crippen LogP contribution in [0.5, 0.6) is 0 Å². The Morgan fingerprint density at radius 3 is 1.57 bits per heavy atom. The Balaban J connectivity index is 1.85. The molecule has 30 heavy (non-hydrogen) atoms. The predicted molar refractivity (Wildman–Crippen MR) is 119 cm³/mol. The monoisotopic (exact) mass is 410 g/mol. The van der Waals surface area contributed by atoms with Crippen LogP contribution in [-0.4, -0.2) is 11.9 Å². The molecule has 0 fully saturated rings. The maximum atomic E-state index is 12.7. The van der Waals surface area contributed by atoms with Gasteiger partial charge in [0.1, 0.15) is 13.2 Å². The van der Waals surface area contributed by atoms with Crippen molar-refractivity contribution in [3.05, 3.63) is 71.8 Å². The second-order valence-electron chi connectivity index (χ2n) is 7.65. The van der Waals surface area contributed by atoms with Crippen LogP contribution in [0.15, 0.2) is 60.7 Å². The first-order chi connectivity index (χ1) is 14.7. The van der Waals surface area contributed by atoms with Crippen LogP contribution in [0.4, 0.5) is 0 Å². The van der Waals surface area contributed by atoms with Gasteiger partial charge in [-0.15, -0.1) is 0 Å². The van der Waals surface area contributed by atoms with Gasteiger partial charge in [-0.2, -0.15) is 0 Å². The van der Waals surface area contributed by atoms with E-state index in [0.717, 1.165) is 30.4 Å². The summed E-state index contributed by atoms with van der Waals surface area (Å²) in [6, 6.07) is 19.0. The summed E-state index contributed by atoms with van der Waals surface area (Å²) in [5.74, 6) is -1.86. The lowest BCUT2D eigenvalue weighted by Gasteiger charge is -2.15. The molecule has 4 nitrogen and oxygen atoms in total. The smallest absolute Gasteiger partial charge is 0.320 e. The first-order valence-electron chi connectivity index (χ1n) is 11.1. The number of carbonyl (C=O) groups is 2. The summed E-state index contributed by atoms with van der Waals surface area (Å²) >= 11 is 0. The van der Waals surface area contributed by atoms with Gasteiger partial charge in [-0.25, -0.2) is 0 Å². The number of unbranched alkanes of at least 4 members (excludes halogenated alkanes) is 6. The largest absolute Gasteiger partial charge is 0.460 e. The molecule has 0 atom stereocenters. The molecule has 0 aliphatic heterocycles. The molecule has 4 heteroatoms. The van der Waals surface area contributed by atoms with Gasteiger partial charge in [0.2, 0.25) is 0 Å². The van der Waals surface area contributed by atoms with Gasteiger partial charge in [0.05, 0.1) is 0 Å². The summed E-state index contributed by atoms with van der Waals surface area (Å²) in [6.45, 7) is 2.53. The predicted octanol–water partition coefficient (Wildman–Crippen LogP) is 6.23. The molecule has 0 heterocycles. The number of hydrogen-bond acceptors (Lipinski definition) is 4. The molecule has 0 aliphatic carbocycles. The molecular formula is C26H34O4. The Labute approximate surface area is 180 Å². The summed E-state index contributed by atoms with van der Waals surface area (Å²) in [4.78, 5) is 25.3. The maximum Gasteiger partial charge on any atom is 0.320 e. The molecule has 162 valence electrons. The molecule has 2 aromatic rings. The zero-order chi connectivity index (χ0) is 21.4. The fourth-order valence-electron chi connectivity index (χ4n) is 3.30. The lowest BCUT2D eigenvalue weighted by molar-refractivity contribution is -0.164. The Morgan fingerprint density at radius 1 is 0.667 bits per heavy atom. The molecule has 0 N–H and O–H groups in total. The second kappa shape index (κ2) is 14.4. The zero-order valence-electron chi connectivity index (χ0n) is 18.1. The van der Waals surface area contributed by atoms with Crippen LogP contribution in [0, 0.1) is 5.92 Å². The topological polar surface area (TPSA) is 52.6 Å². The molecule has 0 aliphatic rings. The molecule has 0 aromatic heterocycles. The van der Waals surface area contributed by atoms with Gasteiger partial charge in [-0.3, -0.25) is 9.59 Å². The van der Waals surface area contributed by atoms with Crippen molar-refractivity contribution in [3.63, 3.8) is 0 Å². The molecular weight excluding hydrogens is 376 g/mol. The number of carbonyl (C=O) groups excluding carboxylic acids is 2. The second-order valence-corrected chi connectivity index (χ2v) is 7.65. The van der Waals surface area contributed by atoms with Crippen molar-refractivity contribution in [2.75, 3.05) is 0 Å². The molecule has 0 amide bonds. The van der Waals surface area contributed by atoms with Crippen LogP contribution in [0.1, 0.15) is 69.4 Å². The highest BCUT2D eigenvalue weighted by Gasteiger charge is 2.29. The fraction of sp³-hybridized carbons (Fsp3) is 0.462. The quantitative estimate of drug-likeness (QED) is 0.210. The highest BCUT2D eigenvalue weighted by atomic mass is 16.6. The van der Waals surface area contributed by atoms with Crippen molar-refractivity contribution >= 4 is 11.9 Å². The minimum absolute atomic E-state index is 0.166. The maximum absolute atomic E-state index is 12.7. The number of esters is 2. The average Bonchev–Trinajstić information content (AvgIpc) is 2.79. The summed E-state index contributed by atoms with van der Waals surface area (Å²) in [7, 11) is 0. The van der Waals surface area contributed by atoms with Crippen LogP contribution in [-0.2, 0) is 32.3 Å². The van der Waals surface area contributed by atoms with Gasteiger partial charge >= 0.3 is 11.9 Å². The minimum atomic E-state index is -0.868. The summed E-state index contributed by atoms with van der Waals surface area (Å²) in [6.07, 6.45) is 8.37. The Hall–Kier alpha value is -2.62. The molecule has 2 rings (SSSR count). The minimum Gasteiger partial charge on any atom is -0.460 e. The van der Waals surface area contributed by atoms with Gasteiger partial charge in [0, 0.05) is 0 Å². The van der Waals surface area contributed by atoms with Gasteiger partial charge in [-0.1, -0.05) is 113 Å². The van der Waals surface area contributed by atoms with Gasteiger partial charge in [-0.05, 0) is 17.5 Å². The van der Waals surface area contributed by atoms with Crippen LogP contribution < -0.4 is 0 Å². The van der Waals surface area contributed by atoms with E-state index in [1.165, 1.54) is 25.7 Å². The van der Waals surface area contributed by atoms with E-state index in [0.29, 0.717) is 6.42 Å². The Kier molecular flexibility index (Phi) is 11.3. The zero-order valence-corrected chi connectivity index (χ0v) is 18.1. The molecule has 0 radical (unpaired) electrons. The normalized spacial score (nSPS) is 10.7. The molecule has 0 saturated heterocycles. The molecule has 0 bridgehead atoms. The first-order valence-corrected chi connectivity index (χ1v) is 11.1. The fourth-order valence-corrected chi connectivity index (χ4v) is 3.30. The number of rotatable bonds is 14. The lowest BCUT2D eigenvalue weighted by Crippen LogP contribution is -2.28. The molecule has 0 unspecified atom stereocenters. The van der Waals surface area contributed by atoms with Crippen LogP contribution in [0.2, 0.25) is 0 Å². The molecule has 0 spiro atoms. The van der Waals surface area contributed by atoms with Crippen molar-refractivity contribution in [2.24, 2.45) is 5.92 Å². The van der Waals surface area contributed by atoms with E-state index in [1.54, 1.807) is 0 Å². The van der Waals surface area contributed by atoms with E-state index in [-0.39, 0.29) is 13.2 Å². The molecule has 2 aromatic carbocycles. The van der Waals surface area contributed by atoms with Crippen LogP contribution in [0.25, 0.3) is 0 Å². The number of ether oxygens (including phenoxy) is 2. The molecule has 0 saturated carbocycles. The van der Waals surface area contributed by atoms with Crippen molar-refractivity contribution in [1.29, 1.82) is 0 Å². The first kappa shape index (κ1) is 23.7. The van der Waals surface area contributed by atoms with E-state index in [1.807, 2.05) is 60.7 Å². The lowest BCUT2D eigenvalue weighted by atomic mass is 10.00. The number of hydrogen-bond donors (Lipinski definition) is 0. The van der Waals surface area contributed by atoms with Crippen LogP contribution in [0.3, 0.4) is 0 Å². The summed E-state index contributed by atoms with van der Waals surface area (Å²) in [5.41, 5.74) is 1.80. The highest BCUT2D eigenvalue weighted by Crippen LogP contribution is 2.18. The highest BCUT2D eigenvalue weighted by molar-refractivity contribution is 5.94. The third-order valence-electron chi connectivity index (χ3n) is 5.11. The Morgan fingerprint density at radius 2 is 1.10 bits per heavy atom. The summed E-state index contributed by atoms with van der Waals surface area (Å²) < 4.78 is 10.9. The van der Waals surface area contributed by atoms with Crippen LogP contribution >= 0.6 is 0 Å². The standard InChI is InChI=1S/C26H34O4/c1-2-3-4-5-6-7-14-19-24(25(27)29-20-22-15-10-8-11-16-22)26(28)30-21-23-17-12-9-13-18-23/h8-13,15-18,24H,2-7,14,19-21H2,1H3. The van der Waals surface area contributed by atoms with E-state index in [4.69, 9.17) is 9.47 Å². The van der Waals surface area contributed by atoms with E-state index >= 15 is 0 Å². The van der Waals surface area contributed by atoms with E-state index < -0.39 is 17.9 Å².